The quantitative estimate of drug-likeness (QED) is 0.250. The van der Waals surface area contributed by atoms with Gasteiger partial charge in [0.15, 0.2) is 0 Å². The summed E-state index contributed by atoms with van der Waals surface area (Å²) in [5.41, 5.74) is 4.91. The van der Waals surface area contributed by atoms with Gasteiger partial charge in [-0.2, -0.15) is 4.31 Å². The van der Waals surface area contributed by atoms with Crippen molar-refractivity contribution in [3.8, 4) is 11.1 Å². The smallest absolute Gasteiger partial charge is 0.303 e. The molecule has 4 rings (SSSR count). The third-order valence-electron chi connectivity index (χ3n) is 7.73. The summed E-state index contributed by atoms with van der Waals surface area (Å²) in [5.74, 6) is -0.331. The molecule has 0 bridgehead atoms. The molecule has 3 aromatic rings. The van der Waals surface area contributed by atoms with Gasteiger partial charge in [0.05, 0.1) is 11.0 Å². The van der Waals surface area contributed by atoms with E-state index in [1.54, 1.807) is 6.07 Å². The first kappa shape index (κ1) is 31.2. The molecule has 0 spiro atoms. The van der Waals surface area contributed by atoms with Crippen molar-refractivity contribution in [2.24, 2.45) is 5.92 Å². The Kier molecular flexibility index (Phi) is 9.93. The van der Waals surface area contributed by atoms with Crippen molar-refractivity contribution < 1.29 is 23.4 Å². The molecule has 0 fully saturated rings. The van der Waals surface area contributed by atoms with Gasteiger partial charge in [-0.15, -0.1) is 0 Å². The minimum atomic E-state index is -3.89. The van der Waals surface area contributed by atoms with Crippen LogP contribution in [0.1, 0.15) is 43.4 Å². The van der Waals surface area contributed by atoms with E-state index in [-0.39, 0.29) is 35.0 Å². The number of likely N-dealkylation sites (N-methyl/N-ethyl adjacent to an activating group) is 1. The van der Waals surface area contributed by atoms with Gasteiger partial charge >= 0.3 is 5.97 Å². The van der Waals surface area contributed by atoms with E-state index in [1.165, 1.54) is 30.3 Å². The zero-order valence-corrected chi connectivity index (χ0v) is 25.4. The van der Waals surface area contributed by atoms with Crippen LogP contribution in [0, 0.1) is 5.92 Å². The average molecular weight is 599 g/mol. The largest absolute Gasteiger partial charge is 0.481 e. The highest BCUT2D eigenvalue weighted by molar-refractivity contribution is 7.89. The van der Waals surface area contributed by atoms with Crippen molar-refractivity contribution in [2.45, 2.75) is 62.5 Å². The molecule has 1 atom stereocenters. The third-order valence-corrected chi connectivity index (χ3v) is 9.86. The fourth-order valence-electron chi connectivity index (χ4n) is 5.66. The first-order valence-corrected chi connectivity index (χ1v) is 15.7. The van der Waals surface area contributed by atoms with Crippen LogP contribution >= 0.6 is 11.6 Å². The van der Waals surface area contributed by atoms with Crippen LogP contribution in [0.5, 0.6) is 0 Å². The molecular weight excluding hydrogens is 560 g/mol. The second-order valence-electron chi connectivity index (χ2n) is 11.7. The minimum Gasteiger partial charge on any atom is -0.481 e. The van der Waals surface area contributed by atoms with Crippen molar-refractivity contribution in [3.05, 3.63) is 88.4 Å². The molecule has 3 N–H and O–H groups in total. The summed E-state index contributed by atoms with van der Waals surface area (Å²) in [6.45, 7) is 4.44. The molecule has 0 aliphatic heterocycles. The van der Waals surface area contributed by atoms with Crippen molar-refractivity contribution >= 4 is 27.6 Å². The standard InChI is InChI=1S/C32H39ClN2O5S/c1-32(2,19-23-16-24-8-4-5-9-25(24)17-23)34-20-27(36)21-35(3)41(39,40)28-12-13-29(30(33)18-28)26-10-6-7-22(15-26)11-14-31(37)38/h4-10,12-13,15,18,23,27,34,36H,11,14,16-17,19-21H2,1-3H3,(H,37,38). The molecule has 41 heavy (non-hydrogen) atoms. The number of aliphatic hydroxyl groups is 1. The maximum Gasteiger partial charge on any atom is 0.303 e. The highest BCUT2D eigenvalue weighted by atomic mass is 35.5. The lowest BCUT2D eigenvalue weighted by Gasteiger charge is -2.31. The summed E-state index contributed by atoms with van der Waals surface area (Å²) in [6.07, 6.45) is 2.59. The lowest BCUT2D eigenvalue weighted by Crippen LogP contribution is -2.47. The van der Waals surface area contributed by atoms with Gasteiger partial charge in [0, 0.05) is 42.7 Å². The zero-order valence-electron chi connectivity index (χ0n) is 23.8. The highest BCUT2D eigenvalue weighted by Crippen LogP contribution is 2.33. The molecular formula is C32H39ClN2O5S. The van der Waals surface area contributed by atoms with Crippen LogP contribution in [0.15, 0.2) is 71.6 Å². The Labute approximate surface area is 248 Å². The van der Waals surface area contributed by atoms with Crippen molar-refractivity contribution in [2.75, 3.05) is 20.1 Å². The van der Waals surface area contributed by atoms with E-state index >= 15 is 0 Å². The summed E-state index contributed by atoms with van der Waals surface area (Å²) >= 11 is 6.52. The summed E-state index contributed by atoms with van der Waals surface area (Å²) < 4.78 is 27.7. The van der Waals surface area contributed by atoms with Crippen LogP contribution in [0.2, 0.25) is 5.02 Å². The Morgan fingerprint density at radius 1 is 1.07 bits per heavy atom. The second-order valence-corrected chi connectivity index (χ2v) is 14.1. The van der Waals surface area contributed by atoms with E-state index in [1.807, 2.05) is 24.3 Å². The van der Waals surface area contributed by atoms with Crippen LogP contribution in [0.25, 0.3) is 11.1 Å². The predicted octanol–water partition coefficient (Wildman–Crippen LogP) is 5.18. The van der Waals surface area contributed by atoms with Crippen LogP contribution < -0.4 is 5.32 Å². The van der Waals surface area contributed by atoms with Crippen LogP contribution in [0.3, 0.4) is 0 Å². The Morgan fingerprint density at radius 3 is 2.39 bits per heavy atom. The van der Waals surface area contributed by atoms with Crippen molar-refractivity contribution in [1.29, 1.82) is 0 Å². The molecule has 9 heteroatoms. The Balaban J connectivity index is 1.33. The number of β-amino-alcohol motifs (C(OH)–C–C–N with tert-alkyl or cyclic N) is 1. The fraction of sp³-hybridized carbons (Fsp3) is 0.406. The third kappa shape index (κ3) is 8.17. The number of aliphatic hydroxyl groups excluding tert-OH is 1. The average Bonchev–Trinajstić information content (AvgIpc) is 3.32. The monoisotopic (exact) mass is 598 g/mol. The van der Waals surface area contributed by atoms with E-state index in [4.69, 9.17) is 16.7 Å². The van der Waals surface area contributed by atoms with Crippen molar-refractivity contribution in [1.82, 2.24) is 9.62 Å². The number of benzene rings is 3. The summed E-state index contributed by atoms with van der Waals surface area (Å²) in [4.78, 5) is 11.0. The molecule has 220 valence electrons. The van der Waals surface area contributed by atoms with Crippen LogP contribution in [-0.4, -0.2) is 60.7 Å². The number of fused-ring (bicyclic) bond motifs is 1. The molecule has 0 saturated heterocycles. The van der Waals surface area contributed by atoms with Gasteiger partial charge in [-0.25, -0.2) is 8.42 Å². The number of rotatable bonds is 13. The first-order chi connectivity index (χ1) is 19.3. The molecule has 1 aliphatic carbocycles. The van der Waals surface area contributed by atoms with E-state index < -0.39 is 22.1 Å². The normalized spacial score (nSPS) is 14.8. The van der Waals surface area contributed by atoms with Gasteiger partial charge < -0.3 is 15.5 Å². The Hall–Kier alpha value is -2.75. The zero-order chi connectivity index (χ0) is 29.8. The number of nitrogens with one attached hydrogen (secondary N) is 1. The van der Waals surface area contributed by atoms with Gasteiger partial charge in [-0.3, -0.25) is 4.79 Å². The number of carboxylic acids is 1. The van der Waals surface area contributed by atoms with Gasteiger partial charge in [0.1, 0.15) is 0 Å². The van der Waals surface area contributed by atoms with Gasteiger partial charge in [-0.1, -0.05) is 66.2 Å². The number of halogens is 1. The summed E-state index contributed by atoms with van der Waals surface area (Å²) in [6, 6.07) is 20.5. The minimum absolute atomic E-state index is 0.0227. The van der Waals surface area contributed by atoms with Gasteiger partial charge in [0.25, 0.3) is 0 Å². The number of carbonyl (C=O) groups is 1. The fourth-order valence-corrected chi connectivity index (χ4v) is 7.25. The lowest BCUT2D eigenvalue weighted by molar-refractivity contribution is -0.136. The lowest BCUT2D eigenvalue weighted by atomic mass is 9.88. The van der Waals surface area contributed by atoms with Crippen molar-refractivity contribution in [3.63, 3.8) is 0 Å². The molecule has 3 aromatic carbocycles. The summed E-state index contributed by atoms with van der Waals surface area (Å²) in [5, 5.41) is 23.4. The number of aryl methyl sites for hydroxylation is 1. The summed E-state index contributed by atoms with van der Waals surface area (Å²) in [7, 11) is -2.44. The number of carboxylic acid groups (broad SMARTS) is 1. The van der Waals surface area contributed by atoms with Gasteiger partial charge in [0.2, 0.25) is 10.0 Å². The molecule has 1 unspecified atom stereocenters. The molecule has 1 aliphatic rings. The number of aliphatic carboxylic acids is 1. The molecule has 0 heterocycles. The number of nitrogens with zero attached hydrogens (tertiary/aromatic N) is 1. The molecule has 0 aromatic heterocycles. The highest BCUT2D eigenvalue weighted by Gasteiger charge is 2.29. The molecule has 0 saturated carbocycles. The van der Waals surface area contributed by atoms with E-state index in [0.717, 1.165) is 34.7 Å². The van der Waals surface area contributed by atoms with E-state index in [0.29, 0.717) is 17.9 Å². The maximum absolute atomic E-state index is 13.3. The first-order valence-electron chi connectivity index (χ1n) is 13.9. The van der Waals surface area contributed by atoms with Crippen LogP contribution in [-0.2, 0) is 34.1 Å². The van der Waals surface area contributed by atoms with E-state index in [2.05, 4.69) is 43.4 Å². The number of hydrogen-bond acceptors (Lipinski definition) is 5. The Morgan fingerprint density at radius 2 is 1.76 bits per heavy atom. The van der Waals surface area contributed by atoms with Gasteiger partial charge in [-0.05, 0) is 79.8 Å². The topological polar surface area (TPSA) is 107 Å². The predicted molar refractivity (Wildman–Crippen MR) is 163 cm³/mol. The molecule has 0 radical (unpaired) electrons. The number of hydrogen-bond donors (Lipinski definition) is 3. The number of sulfonamides is 1. The van der Waals surface area contributed by atoms with Crippen LogP contribution in [0.4, 0.5) is 0 Å². The maximum atomic E-state index is 13.3. The van der Waals surface area contributed by atoms with E-state index in [9.17, 15) is 18.3 Å². The molecule has 0 amide bonds. The molecule has 7 nitrogen and oxygen atoms in total. The Bertz CT molecular complexity index is 1470. The SMILES string of the molecule is CN(CC(O)CNC(C)(C)CC1Cc2ccccc2C1)S(=O)(=O)c1ccc(-c2cccc(CCC(=O)O)c2)c(Cl)c1. The second kappa shape index (κ2) is 13.0.